The molecule has 5 nitrogen and oxygen atoms in total. The molecule has 18 heavy (non-hydrogen) atoms. The Bertz CT molecular complexity index is 469. The zero-order valence-corrected chi connectivity index (χ0v) is 11.0. The Labute approximate surface area is 106 Å². The predicted molar refractivity (Wildman–Crippen MR) is 71.3 cm³/mol. The lowest BCUT2D eigenvalue weighted by Gasteiger charge is -2.18. The summed E-state index contributed by atoms with van der Waals surface area (Å²) in [6.07, 6.45) is 2.41. The number of hydrogen-bond donors (Lipinski definition) is 1. The summed E-state index contributed by atoms with van der Waals surface area (Å²) in [5, 5.41) is 3.02. The van der Waals surface area contributed by atoms with Gasteiger partial charge in [0.05, 0.1) is 6.10 Å². The third-order valence-corrected chi connectivity index (χ3v) is 3.15. The molecule has 1 heterocycles. The minimum atomic E-state index is -0.507. The highest BCUT2D eigenvalue weighted by Gasteiger charge is 2.23. The smallest absolute Gasteiger partial charge is 0.272 e. The Kier molecular flexibility index (Phi) is 4.01. The number of nitrogens with zero attached hydrogens (tertiary/aromatic N) is 1. The normalized spacial score (nSPS) is 16.6. The van der Waals surface area contributed by atoms with E-state index in [4.69, 9.17) is 4.74 Å². The molecule has 0 amide bonds. The maximum atomic E-state index is 11.4. The van der Waals surface area contributed by atoms with E-state index in [0.29, 0.717) is 12.2 Å². The van der Waals surface area contributed by atoms with Crippen LogP contribution in [0.25, 0.3) is 0 Å². The summed E-state index contributed by atoms with van der Waals surface area (Å²) >= 11 is 0. The van der Waals surface area contributed by atoms with Crippen LogP contribution in [-0.2, 0) is 0 Å². The fraction of sp³-hybridized carbons (Fsp3) is 0.692. The van der Waals surface area contributed by atoms with E-state index < -0.39 is 10.9 Å². The first-order valence-electron chi connectivity index (χ1n) is 6.56. The Morgan fingerprint density at radius 2 is 1.89 bits per heavy atom. The van der Waals surface area contributed by atoms with Crippen molar-refractivity contribution >= 4 is 5.69 Å². The molecule has 0 radical (unpaired) electrons. The van der Waals surface area contributed by atoms with Gasteiger partial charge in [-0.25, -0.2) is 0 Å². The van der Waals surface area contributed by atoms with Crippen LogP contribution < -0.4 is 20.9 Å². The van der Waals surface area contributed by atoms with Crippen LogP contribution in [0.2, 0.25) is 0 Å². The summed E-state index contributed by atoms with van der Waals surface area (Å²) in [4.78, 5) is 25.1. The summed E-state index contributed by atoms with van der Waals surface area (Å²) in [5.41, 5.74) is -0.604. The van der Waals surface area contributed by atoms with Gasteiger partial charge in [-0.15, -0.1) is 0 Å². The largest absolute Gasteiger partial charge is 0.485 e. The van der Waals surface area contributed by atoms with Gasteiger partial charge in [-0.05, 0) is 39.8 Å². The van der Waals surface area contributed by atoms with Gasteiger partial charge >= 0.3 is 0 Å². The number of likely N-dealkylation sites (tertiary alicyclic amines) is 1. The second kappa shape index (κ2) is 5.52. The minimum absolute atomic E-state index is 0.0903. The molecule has 0 spiro atoms. The molecule has 1 N–H and O–H groups in total. The molecular weight excluding hydrogens is 232 g/mol. The molecule has 0 saturated carbocycles. The Balaban J connectivity index is 1.87. The van der Waals surface area contributed by atoms with Gasteiger partial charge in [-0.2, -0.15) is 0 Å². The highest BCUT2D eigenvalue weighted by molar-refractivity contribution is 5.61. The van der Waals surface area contributed by atoms with Crippen LogP contribution in [0.5, 0.6) is 5.75 Å². The second-order valence-electron chi connectivity index (χ2n) is 5.00. The van der Waals surface area contributed by atoms with Crippen LogP contribution in [0.3, 0.4) is 0 Å². The number of nitrogens with one attached hydrogen (secondary N) is 1. The summed E-state index contributed by atoms with van der Waals surface area (Å²) in [7, 11) is 0. The lowest BCUT2D eigenvalue weighted by atomic mass is 10.2. The topological polar surface area (TPSA) is 58.6 Å². The maximum absolute atomic E-state index is 11.4. The molecule has 0 bridgehead atoms. The summed E-state index contributed by atoms with van der Waals surface area (Å²) in [5.74, 6) is 0.205. The molecule has 1 aliphatic heterocycles. The molecule has 1 saturated heterocycles. The Morgan fingerprint density at radius 1 is 1.22 bits per heavy atom. The van der Waals surface area contributed by atoms with Gasteiger partial charge in [-0.3, -0.25) is 9.59 Å². The third-order valence-electron chi connectivity index (χ3n) is 3.15. The van der Waals surface area contributed by atoms with Gasteiger partial charge < -0.3 is 15.0 Å². The molecule has 0 atom stereocenters. The zero-order chi connectivity index (χ0) is 13.1. The van der Waals surface area contributed by atoms with Crippen molar-refractivity contribution in [3.63, 3.8) is 0 Å². The first kappa shape index (κ1) is 13.1. The van der Waals surface area contributed by atoms with Crippen LogP contribution >= 0.6 is 0 Å². The van der Waals surface area contributed by atoms with E-state index in [1.807, 2.05) is 13.8 Å². The highest BCUT2D eigenvalue weighted by atomic mass is 16.5. The second-order valence-corrected chi connectivity index (χ2v) is 5.00. The van der Waals surface area contributed by atoms with Gasteiger partial charge in [0.25, 0.3) is 10.9 Å². The molecule has 0 aromatic heterocycles. The van der Waals surface area contributed by atoms with Gasteiger partial charge in [0, 0.05) is 13.1 Å². The molecule has 1 fully saturated rings. The minimum Gasteiger partial charge on any atom is -0.485 e. The highest BCUT2D eigenvalue weighted by Crippen LogP contribution is 2.18. The molecule has 1 aliphatic rings. The molecule has 0 aliphatic carbocycles. The van der Waals surface area contributed by atoms with E-state index in [1.165, 1.54) is 12.8 Å². The zero-order valence-electron chi connectivity index (χ0n) is 11.0. The lowest BCUT2D eigenvalue weighted by molar-refractivity contribution is 0.238. The quantitative estimate of drug-likeness (QED) is 0.750. The number of hydrogen-bond acceptors (Lipinski definition) is 5. The molecule has 1 aromatic carbocycles. The molecular formula is C13H20N2O3. The molecule has 1 aromatic rings. The van der Waals surface area contributed by atoms with E-state index >= 15 is 0 Å². The summed E-state index contributed by atoms with van der Waals surface area (Å²) in [6, 6.07) is 0. The van der Waals surface area contributed by atoms with Crippen molar-refractivity contribution in [3.8, 4) is 5.75 Å². The Morgan fingerprint density at radius 3 is 2.50 bits per heavy atom. The molecule has 100 valence electrons. The van der Waals surface area contributed by atoms with Crippen LogP contribution in [0.15, 0.2) is 9.59 Å². The van der Waals surface area contributed by atoms with Gasteiger partial charge in [0.1, 0.15) is 5.69 Å². The monoisotopic (exact) mass is 252 g/mol. The first-order valence-corrected chi connectivity index (χ1v) is 6.56. The van der Waals surface area contributed by atoms with Crippen molar-refractivity contribution in [1.82, 2.24) is 4.90 Å². The van der Waals surface area contributed by atoms with Crippen molar-refractivity contribution in [3.05, 3.63) is 20.4 Å². The fourth-order valence-corrected chi connectivity index (χ4v) is 2.22. The van der Waals surface area contributed by atoms with Crippen molar-refractivity contribution in [1.29, 1.82) is 0 Å². The van der Waals surface area contributed by atoms with Crippen molar-refractivity contribution in [2.24, 2.45) is 0 Å². The standard InChI is InChI=1S/C13H20N2O3/c1-9(2)18-13-10(11(16)12(13)17)14-5-8-15-6-3-4-7-15/h9,14H,3-8H2,1-2H3. The number of rotatable bonds is 6. The third kappa shape index (κ3) is 2.72. The van der Waals surface area contributed by atoms with E-state index in [0.717, 1.165) is 19.6 Å². The van der Waals surface area contributed by atoms with Crippen molar-refractivity contribution in [2.45, 2.75) is 32.8 Å². The van der Waals surface area contributed by atoms with Crippen LogP contribution in [0, 0.1) is 0 Å². The molecule has 0 unspecified atom stereocenters. The maximum Gasteiger partial charge on any atom is 0.272 e. The average molecular weight is 252 g/mol. The van der Waals surface area contributed by atoms with Crippen LogP contribution in [0.4, 0.5) is 5.69 Å². The predicted octanol–water partition coefficient (Wildman–Crippen LogP) is 0.578. The van der Waals surface area contributed by atoms with E-state index in [-0.39, 0.29) is 11.9 Å². The van der Waals surface area contributed by atoms with E-state index in [1.54, 1.807) is 0 Å². The Hall–Kier alpha value is -1.36. The van der Waals surface area contributed by atoms with E-state index in [9.17, 15) is 9.59 Å². The van der Waals surface area contributed by atoms with Gasteiger partial charge in [-0.1, -0.05) is 0 Å². The van der Waals surface area contributed by atoms with Crippen LogP contribution in [0.1, 0.15) is 26.7 Å². The van der Waals surface area contributed by atoms with Crippen molar-refractivity contribution in [2.75, 3.05) is 31.5 Å². The first-order chi connectivity index (χ1) is 8.59. The molecule has 2 rings (SSSR count). The van der Waals surface area contributed by atoms with Gasteiger partial charge in [0.15, 0.2) is 5.75 Å². The summed E-state index contributed by atoms with van der Waals surface area (Å²) < 4.78 is 5.34. The lowest BCUT2D eigenvalue weighted by Crippen LogP contribution is -2.38. The van der Waals surface area contributed by atoms with E-state index in [2.05, 4.69) is 10.2 Å². The number of anilines is 1. The number of ether oxygens (including phenoxy) is 1. The van der Waals surface area contributed by atoms with Gasteiger partial charge in [0.2, 0.25) is 0 Å². The average Bonchev–Trinajstić information content (AvgIpc) is 2.84. The summed E-state index contributed by atoms with van der Waals surface area (Å²) in [6.45, 7) is 7.51. The molecule has 5 heteroatoms. The van der Waals surface area contributed by atoms with Crippen molar-refractivity contribution < 1.29 is 4.74 Å². The SMILES string of the molecule is CC(C)Oc1c(NCCN2CCCC2)c(=O)c1=O. The fourth-order valence-electron chi connectivity index (χ4n) is 2.22. The van der Waals surface area contributed by atoms with Crippen LogP contribution in [-0.4, -0.2) is 37.2 Å².